The van der Waals surface area contributed by atoms with E-state index in [0.717, 1.165) is 38.5 Å². The van der Waals surface area contributed by atoms with Gasteiger partial charge in [-0.25, -0.2) is 0 Å². The van der Waals surface area contributed by atoms with Crippen LogP contribution in [-0.4, -0.2) is 30.4 Å². The van der Waals surface area contributed by atoms with Crippen LogP contribution in [0.2, 0.25) is 0 Å². The van der Waals surface area contributed by atoms with E-state index in [1.54, 1.807) is 12.8 Å². The Morgan fingerprint density at radius 3 is 2.54 bits per heavy atom. The van der Waals surface area contributed by atoms with Crippen LogP contribution in [-0.2, 0) is 20.9 Å². The van der Waals surface area contributed by atoms with Gasteiger partial charge >= 0.3 is 0 Å². The molecule has 4 heteroatoms. The van der Waals surface area contributed by atoms with Crippen molar-refractivity contribution < 1.29 is 19.4 Å². The standard InChI is InChI=1S/C22H33O4/c1-2-3-5-15-22(26-19-23)16-10-14-21(24)13-8-9-17-25-18-20-11-6-4-7-12-20/h4,6-7,10-12,14,16,19,21-22,24H,2-3,5,8-9,13,15,17-18H2,1H3/t21-,22+/m0/s1. The first-order valence-corrected chi connectivity index (χ1v) is 9.66. The topological polar surface area (TPSA) is 55.8 Å². The number of carbonyl (C=O) groups is 1. The van der Waals surface area contributed by atoms with Crippen molar-refractivity contribution in [3.05, 3.63) is 55.2 Å². The van der Waals surface area contributed by atoms with Crippen molar-refractivity contribution in [2.45, 2.75) is 70.7 Å². The fourth-order valence-corrected chi connectivity index (χ4v) is 2.61. The van der Waals surface area contributed by atoms with Crippen LogP contribution in [0.15, 0.2) is 30.3 Å². The van der Waals surface area contributed by atoms with Crippen LogP contribution in [0.4, 0.5) is 0 Å². The highest BCUT2D eigenvalue weighted by molar-refractivity contribution is 5.38. The average Bonchev–Trinajstić information content (AvgIpc) is 2.65. The first kappa shape index (κ1) is 22.7. The molecule has 4 nitrogen and oxygen atoms in total. The summed E-state index contributed by atoms with van der Waals surface area (Å²) >= 11 is 0. The van der Waals surface area contributed by atoms with Crippen LogP contribution in [0.5, 0.6) is 0 Å². The van der Waals surface area contributed by atoms with Gasteiger partial charge in [-0.05, 0) is 50.5 Å². The third kappa shape index (κ3) is 12.0. The molecule has 1 N–H and O–H groups in total. The second-order valence-electron chi connectivity index (χ2n) is 6.45. The Hall–Kier alpha value is -1.39. The summed E-state index contributed by atoms with van der Waals surface area (Å²) in [6.45, 7) is 3.97. The molecular formula is C22H33O4. The van der Waals surface area contributed by atoms with Gasteiger partial charge in [0.15, 0.2) is 0 Å². The summed E-state index contributed by atoms with van der Waals surface area (Å²) in [4.78, 5) is 10.5. The maximum Gasteiger partial charge on any atom is 0.293 e. The van der Waals surface area contributed by atoms with E-state index in [1.807, 2.05) is 24.6 Å². The second kappa shape index (κ2) is 15.8. The number of rotatable bonds is 17. The van der Waals surface area contributed by atoms with Crippen molar-refractivity contribution in [1.29, 1.82) is 0 Å². The molecule has 1 rings (SSSR count). The third-order valence-electron chi connectivity index (χ3n) is 4.13. The highest BCUT2D eigenvalue weighted by Gasteiger charge is 2.11. The molecule has 0 saturated heterocycles. The maximum absolute atomic E-state index is 10.5. The van der Waals surface area contributed by atoms with Crippen LogP contribution in [0.3, 0.4) is 0 Å². The van der Waals surface area contributed by atoms with Gasteiger partial charge in [0.2, 0.25) is 0 Å². The van der Waals surface area contributed by atoms with Gasteiger partial charge in [0.25, 0.3) is 6.47 Å². The third-order valence-corrected chi connectivity index (χ3v) is 4.13. The lowest BCUT2D eigenvalue weighted by Crippen LogP contribution is -2.16. The summed E-state index contributed by atoms with van der Waals surface area (Å²) in [6, 6.07) is 10.1. The summed E-state index contributed by atoms with van der Waals surface area (Å²) in [5, 5.41) is 9.98. The number of ether oxygens (including phenoxy) is 2. The molecule has 0 aliphatic carbocycles. The summed E-state index contributed by atoms with van der Waals surface area (Å²) < 4.78 is 10.7. The minimum atomic E-state index is -0.479. The van der Waals surface area contributed by atoms with Gasteiger partial charge in [0, 0.05) is 13.0 Å². The first-order valence-electron chi connectivity index (χ1n) is 9.66. The minimum Gasteiger partial charge on any atom is -0.464 e. The number of aliphatic hydroxyl groups excluding tert-OH is 1. The molecule has 0 bridgehead atoms. The Kier molecular flexibility index (Phi) is 13.8. The number of hydrogen-bond acceptors (Lipinski definition) is 4. The summed E-state index contributed by atoms with van der Waals surface area (Å²) in [5.41, 5.74) is 1.18. The molecule has 0 amide bonds. The summed E-state index contributed by atoms with van der Waals surface area (Å²) in [6.07, 6.45) is 11.4. The van der Waals surface area contributed by atoms with Crippen LogP contribution in [0.1, 0.15) is 57.4 Å². The molecule has 0 aromatic heterocycles. The fraction of sp³-hybridized carbons (Fsp3) is 0.545. The quantitative estimate of drug-likeness (QED) is 0.328. The normalized spacial score (nSPS) is 13.3. The lowest BCUT2D eigenvalue weighted by Gasteiger charge is -2.15. The molecular weight excluding hydrogens is 328 g/mol. The van der Waals surface area contributed by atoms with E-state index in [2.05, 4.69) is 19.1 Å². The van der Waals surface area contributed by atoms with Crippen molar-refractivity contribution in [1.82, 2.24) is 0 Å². The van der Waals surface area contributed by atoms with Gasteiger partial charge in [-0.2, -0.15) is 0 Å². The Labute approximate surface area is 158 Å². The Balaban J connectivity index is 1.99. The van der Waals surface area contributed by atoms with Gasteiger partial charge in [-0.3, -0.25) is 4.79 Å². The van der Waals surface area contributed by atoms with Crippen molar-refractivity contribution in [3.63, 3.8) is 0 Å². The molecule has 26 heavy (non-hydrogen) atoms. The van der Waals surface area contributed by atoms with Gasteiger partial charge < -0.3 is 14.6 Å². The average molecular weight is 362 g/mol. The van der Waals surface area contributed by atoms with Crippen LogP contribution >= 0.6 is 0 Å². The summed E-state index contributed by atoms with van der Waals surface area (Å²) in [5.74, 6) is 0. The maximum atomic E-state index is 10.5. The van der Waals surface area contributed by atoms with Crippen molar-refractivity contribution in [3.8, 4) is 0 Å². The molecule has 2 atom stereocenters. The highest BCUT2D eigenvalue weighted by Crippen LogP contribution is 2.13. The van der Waals surface area contributed by atoms with Gasteiger partial charge in [0.1, 0.15) is 6.10 Å². The molecule has 0 heterocycles. The van der Waals surface area contributed by atoms with E-state index in [1.165, 1.54) is 5.56 Å². The Bertz CT molecular complexity index is 435. The fourth-order valence-electron chi connectivity index (χ4n) is 2.61. The molecule has 0 aliphatic rings. The van der Waals surface area contributed by atoms with E-state index >= 15 is 0 Å². The van der Waals surface area contributed by atoms with Crippen molar-refractivity contribution in [2.75, 3.05) is 6.61 Å². The Morgan fingerprint density at radius 1 is 1.04 bits per heavy atom. The second-order valence-corrected chi connectivity index (χ2v) is 6.45. The predicted octanol–water partition coefficient (Wildman–Crippen LogP) is 4.47. The molecule has 0 fully saturated rings. The number of benzene rings is 1. The highest BCUT2D eigenvalue weighted by atomic mass is 16.5. The first-order chi connectivity index (χ1) is 12.8. The lowest BCUT2D eigenvalue weighted by molar-refractivity contribution is -0.132. The SMILES string of the molecule is CCCCC[C@H]([CH][CH][CH][C@@H](O)CCCCOCc1ccccc1)OC=O. The molecule has 1 aromatic rings. The number of carbonyl (C=O) groups excluding carboxylic acids is 1. The van der Waals surface area contributed by atoms with Crippen molar-refractivity contribution in [2.24, 2.45) is 0 Å². The van der Waals surface area contributed by atoms with Crippen LogP contribution in [0, 0.1) is 19.3 Å². The zero-order chi connectivity index (χ0) is 18.9. The lowest BCUT2D eigenvalue weighted by atomic mass is 10.0. The number of hydrogen-bond donors (Lipinski definition) is 1. The Morgan fingerprint density at radius 2 is 1.81 bits per heavy atom. The molecule has 145 valence electrons. The van der Waals surface area contributed by atoms with Gasteiger partial charge in [-0.1, -0.05) is 50.1 Å². The van der Waals surface area contributed by atoms with Gasteiger partial charge in [-0.15, -0.1) is 0 Å². The molecule has 3 radical (unpaired) electrons. The molecule has 0 spiro atoms. The minimum absolute atomic E-state index is 0.200. The molecule has 0 saturated carbocycles. The van der Waals surface area contributed by atoms with Crippen LogP contribution < -0.4 is 0 Å². The number of unbranched alkanes of at least 4 members (excludes halogenated alkanes) is 3. The zero-order valence-corrected chi connectivity index (χ0v) is 15.9. The van der Waals surface area contributed by atoms with E-state index in [4.69, 9.17) is 9.47 Å². The molecule has 0 aliphatic heterocycles. The molecule has 0 unspecified atom stereocenters. The van der Waals surface area contributed by atoms with Gasteiger partial charge in [0.05, 0.1) is 12.7 Å². The monoisotopic (exact) mass is 361 g/mol. The largest absolute Gasteiger partial charge is 0.464 e. The smallest absolute Gasteiger partial charge is 0.293 e. The predicted molar refractivity (Wildman–Crippen MR) is 104 cm³/mol. The zero-order valence-electron chi connectivity index (χ0n) is 15.9. The van der Waals surface area contributed by atoms with E-state index in [-0.39, 0.29) is 6.10 Å². The molecule has 1 aromatic carbocycles. The van der Waals surface area contributed by atoms with E-state index < -0.39 is 6.10 Å². The van der Waals surface area contributed by atoms with E-state index in [0.29, 0.717) is 26.1 Å². The number of aliphatic hydroxyl groups is 1. The summed E-state index contributed by atoms with van der Waals surface area (Å²) in [7, 11) is 0. The van der Waals surface area contributed by atoms with E-state index in [9.17, 15) is 9.90 Å². The van der Waals surface area contributed by atoms with Crippen molar-refractivity contribution >= 4 is 6.47 Å². The van der Waals surface area contributed by atoms with Crippen LogP contribution in [0.25, 0.3) is 0 Å².